The Morgan fingerprint density at radius 1 is 1.45 bits per heavy atom. The maximum absolute atomic E-state index is 12.0. The maximum atomic E-state index is 12.0. The van der Waals surface area contributed by atoms with Gasteiger partial charge in [0.25, 0.3) is 5.91 Å². The minimum absolute atomic E-state index is 0.190. The molecular formula is C13H14N2O4S. The summed E-state index contributed by atoms with van der Waals surface area (Å²) in [5.41, 5.74) is 1.20. The molecule has 2 rings (SSSR count). The molecule has 0 saturated carbocycles. The lowest BCUT2D eigenvalue weighted by Gasteiger charge is -2.10. The molecular weight excluding hydrogens is 280 g/mol. The van der Waals surface area contributed by atoms with Crippen LogP contribution in [0.5, 0.6) is 0 Å². The van der Waals surface area contributed by atoms with Crippen molar-refractivity contribution in [2.75, 3.05) is 0 Å². The Kier molecular flexibility index (Phi) is 3.89. The van der Waals surface area contributed by atoms with Gasteiger partial charge in [-0.25, -0.2) is 9.78 Å². The number of aromatic carboxylic acids is 1. The van der Waals surface area contributed by atoms with Gasteiger partial charge in [-0.15, -0.1) is 11.3 Å². The molecule has 1 unspecified atom stereocenters. The third-order valence-electron chi connectivity index (χ3n) is 2.79. The summed E-state index contributed by atoms with van der Waals surface area (Å²) >= 11 is 1.06. The van der Waals surface area contributed by atoms with Crippen molar-refractivity contribution >= 4 is 23.2 Å². The monoisotopic (exact) mass is 294 g/mol. The topological polar surface area (TPSA) is 92.4 Å². The van der Waals surface area contributed by atoms with Crippen LogP contribution >= 0.6 is 11.3 Å². The fraction of sp³-hybridized carbons (Fsp3) is 0.308. The molecule has 0 aliphatic heterocycles. The fourth-order valence-electron chi connectivity index (χ4n) is 1.73. The molecule has 1 amide bonds. The number of hydrogen-bond donors (Lipinski definition) is 2. The molecule has 0 aliphatic carbocycles. The molecule has 0 bridgehead atoms. The Balaban J connectivity index is 2.14. The molecule has 6 nitrogen and oxygen atoms in total. The number of aromatic nitrogens is 1. The lowest BCUT2D eigenvalue weighted by atomic mass is 10.2. The maximum Gasteiger partial charge on any atom is 0.347 e. The number of carbonyl (C=O) groups is 2. The first-order valence-corrected chi connectivity index (χ1v) is 6.77. The zero-order valence-corrected chi connectivity index (χ0v) is 12.1. The number of nitrogens with zero attached hydrogens (tertiary/aromatic N) is 1. The molecule has 2 N–H and O–H groups in total. The van der Waals surface area contributed by atoms with E-state index in [1.165, 1.54) is 6.26 Å². The molecule has 2 aromatic rings. The average Bonchev–Trinajstić information content (AvgIpc) is 2.95. The van der Waals surface area contributed by atoms with E-state index < -0.39 is 5.97 Å². The molecule has 2 heterocycles. The van der Waals surface area contributed by atoms with Crippen LogP contribution in [0.1, 0.15) is 49.5 Å². The van der Waals surface area contributed by atoms with Crippen LogP contribution < -0.4 is 5.32 Å². The summed E-state index contributed by atoms with van der Waals surface area (Å²) in [5, 5.41) is 12.3. The van der Waals surface area contributed by atoms with Gasteiger partial charge < -0.3 is 14.8 Å². The lowest BCUT2D eigenvalue weighted by molar-refractivity contribution is 0.0700. The number of furan rings is 1. The normalized spacial score (nSPS) is 12.2. The fourth-order valence-corrected chi connectivity index (χ4v) is 2.64. The number of carboxylic acids is 1. The van der Waals surface area contributed by atoms with Crippen molar-refractivity contribution < 1.29 is 19.1 Å². The van der Waals surface area contributed by atoms with Crippen molar-refractivity contribution in [1.29, 1.82) is 0 Å². The summed E-state index contributed by atoms with van der Waals surface area (Å²) in [6, 6.07) is 1.32. The second-order valence-electron chi connectivity index (χ2n) is 4.40. The molecule has 0 radical (unpaired) electrons. The summed E-state index contributed by atoms with van der Waals surface area (Å²) in [7, 11) is 0. The van der Waals surface area contributed by atoms with Gasteiger partial charge in [-0.3, -0.25) is 4.79 Å². The molecule has 2 aromatic heterocycles. The summed E-state index contributed by atoms with van der Waals surface area (Å²) < 4.78 is 5.11. The van der Waals surface area contributed by atoms with Crippen molar-refractivity contribution in [3.05, 3.63) is 39.2 Å². The number of rotatable bonds is 4. The zero-order chi connectivity index (χ0) is 14.9. The highest BCUT2D eigenvalue weighted by molar-refractivity contribution is 7.13. The highest BCUT2D eigenvalue weighted by Gasteiger charge is 2.21. The van der Waals surface area contributed by atoms with E-state index in [2.05, 4.69) is 10.3 Å². The number of aryl methyl sites for hydroxylation is 2. The summed E-state index contributed by atoms with van der Waals surface area (Å²) in [5.74, 6) is -1.10. The summed E-state index contributed by atoms with van der Waals surface area (Å²) in [4.78, 5) is 27.3. The number of hydrogen-bond acceptors (Lipinski definition) is 5. The molecule has 7 heteroatoms. The van der Waals surface area contributed by atoms with Crippen molar-refractivity contribution in [3.8, 4) is 0 Å². The van der Waals surface area contributed by atoms with Gasteiger partial charge in [0, 0.05) is 5.56 Å². The Labute approximate surface area is 119 Å². The first kappa shape index (κ1) is 14.3. The Morgan fingerprint density at radius 2 is 2.15 bits per heavy atom. The van der Waals surface area contributed by atoms with Crippen LogP contribution in [-0.2, 0) is 0 Å². The van der Waals surface area contributed by atoms with Crippen LogP contribution in [0.15, 0.2) is 16.7 Å². The average molecular weight is 294 g/mol. The van der Waals surface area contributed by atoms with Gasteiger partial charge in [0.1, 0.15) is 9.88 Å². The second-order valence-corrected chi connectivity index (χ2v) is 5.43. The highest BCUT2D eigenvalue weighted by atomic mass is 32.1. The van der Waals surface area contributed by atoms with Crippen molar-refractivity contribution in [2.45, 2.75) is 26.8 Å². The molecule has 0 saturated heterocycles. The standard InChI is InChI=1S/C13H14N2O4S/c1-6-4-5-19-9(6)11(16)14-8(3)12-15-7(2)10(20-12)13(17)18/h4-5,8H,1-3H3,(H,14,16)(H,17,18). The summed E-state index contributed by atoms with van der Waals surface area (Å²) in [6.45, 7) is 5.16. The van der Waals surface area contributed by atoms with Gasteiger partial charge in [-0.1, -0.05) is 0 Å². The number of nitrogens with one attached hydrogen (secondary N) is 1. The number of thiazole rings is 1. The first-order chi connectivity index (χ1) is 9.40. The van der Waals surface area contributed by atoms with Gasteiger partial charge >= 0.3 is 5.97 Å². The SMILES string of the molecule is Cc1ccoc1C(=O)NC(C)c1nc(C)c(C(=O)O)s1. The first-order valence-electron chi connectivity index (χ1n) is 5.95. The van der Waals surface area contributed by atoms with Crippen molar-refractivity contribution in [3.63, 3.8) is 0 Å². The minimum Gasteiger partial charge on any atom is -0.477 e. The molecule has 1 atom stereocenters. The van der Waals surface area contributed by atoms with E-state index in [0.29, 0.717) is 10.7 Å². The zero-order valence-electron chi connectivity index (χ0n) is 11.3. The predicted octanol–water partition coefficient (Wildman–Crippen LogP) is 2.54. The van der Waals surface area contributed by atoms with Crippen LogP contribution in [0, 0.1) is 13.8 Å². The molecule has 0 fully saturated rings. The number of carbonyl (C=O) groups excluding carboxylic acids is 1. The quantitative estimate of drug-likeness (QED) is 0.904. The predicted molar refractivity (Wildman–Crippen MR) is 73.1 cm³/mol. The Bertz CT molecular complexity index is 659. The Hall–Kier alpha value is -2.15. The molecule has 20 heavy (non-hydrogen) atoms. The van der Waals surface area contributed by atoms with Crippen LogP contribution in [0.2, 0.25) is 0 Å². The van der Waals surface area contributed by atoms with Gasteiger partial charge in [-0.2, -0.15) is 0 Å². The van der Waals surface area contributed by atoms with Gasteiger partial charge in [-0.05, 0) is 26.8 Å². The molecule has 0 aliphatic rings. The van der Waals surface area contributed by atoms with Crippen molar-refractivity contribution in [2.24, 2.45) is 0 Å². The second kappa shape index (κ2) is 5.46. The van der Waals surface area contributed by atoms with Gasteiger partial charge in [0.05, 0.1) is 18.0 Å². The van der Waals surface area contributed by atoms with E-state index in [-0.39, 0.29) is 22.6 Å². The van der Waals surface area contributed by atoms with Gasteiger partial charge in [0.2, 0.25) is 0 Å². The third kappa shape index (κ3) is 2.72. The van der Waals surface area contributed by atoms with E-state index in [9.17, 15) is 9.59 Å². The third-order valence-corrected chi connectivity index (χ3v) is 4.12. The number of carboxylic acid groups (broad SMARTS) is 1. The van der Waals surface area contributed by atoms with Crippen molar-refractivity contribution in [1.82, 2.24) is 10.3 Å². The van der Waals surface area contributed by atoms with Crippen LogP contribution in [0.4, 0.5) is 0 Å². The van der Waals surface area contributed by atoms with Crippen LogP contribution in [0.25, 0.3) is 0 Å². The highest BCUT2D eigenvalue weighted by Crippen LogP contribution is 2.24. The summed E-state index contributed by atoms with van der Waals surface area (Å²) in [6.07, 6.45) is 1.45. The smallest absolute Gasteiger partial charge is 0.347 e. The number of amides is 1. The van der Waals surface area contributed by atoms with E-state index in [4.69, 9.17) is 9.52 Å². The van der Waals surface area contributed by atoms with E-state index in [0.717, 1.165) is 16.9 Å². The largest absolute Gasteiger partial charge is 0.477 e. The lowest BCUT2D eigenvalue weighted by Crippen LogP contribution is -2.26. The van der Waals surface area contributed by atoms with Crippen LogP contribution in [-0.4, -0.2) is 22.0 Å². The molecule has 0 aromatic carbocycles. The van der Waals surface area contributed by atoms with E-state index in [1.807, 2.05) is 0 Å². The van der Waals surface area contributed by atoms with Crippen LogP contribution in [0.3, 0.4) is 0 Å². The van der Waals surface area contributed by atoms with E-state index in [1.54, 1.807) is 26.8 Å². The minimum atomic E-state index is -1.01. The molecule has 0 spiro atoms. The van der Waals surface area contributed by atoms with E-state index >= 15 is 0 Å². The van der Waals surface area contributed by atoms with Gasteiger partial charge in [0.15, 0.2) is 5.76 Å². The Morgan fingerprint density at radius 3 is 2.65 bits per heavy atom. The molecule has 106 valence electrons.